The van der Waals surface area contributed by atoms with Gasteiger partial charge in [-0.1, -0.05) is 13.1 Å². The van der Waals surface area contributed by atoms with Gasteiger partial charge in [0.25, 0.3) is 0 Å². The summed E-state index contributed by atoms with van der Waals surface area (Å²) in [6, 6.07) is 0. The minimum absolute atomic E-state index is 0.181. The van der Waals surface area contributed by atoms with E-state index in [-0.39, 0.29) is 49.3 Å². The van der Waals surface area contributed by atoms with Crippen molar-refractivity contribution in [2.45, 2.75) is 44.6 Å². The molecule has 0 aliphatic carbocycles. The van der Waals surface area contributed by atoms with Gasteiger partial charge in [0.1, 0.15) is 5.79 Å². The van der Waals surface area contributed by atoms with E-state index < -0.39 is 14.6 Å². The summed E-state index contributed by atoms with van der Waals surface area (Å²) in [5, 5.41) is 0. The smallest absolute Gasteiger partial charge is 0.231 e. The van der Waals surface area contributed by atoms with E-state index in [1.54, 1.807) is 0 Å². The van der Waals surface area contributed by atoms with Crippen LogP contribution in [0, 0.1) is 0 Å². The molecule has 1 radical (unpaired) electrons. The van der Waals surface area contributed by atoms with Gasteiger partial charge in [0.2, 0.25) is 23.6 Å². The fraction of sp³-hybridized carbons (Fsp3) is 0.636. The number of amides is 4. The van der Waals surface area contributed by atoms with E-state index in [0.29, 0.717) is 0 Å². The first kappa shape index (κ1) is 12.9. The number of imide groups is 2. The number of nitrogens with zero attached hydrogens (tertiary/aromatic N) is 2. The van der Waals surface area contributed by atoms with E-state index in [4.69, 9.17) is 0 Å². The Balaban J connectivity index is 2.34. The Kier molecular flexibility index (Phi) is 3.34. The van der Waals surface area contributed by atoms with E-state index in [0.717, 1.165) is 9.80 Å². The summed E-state index contributed by atoms with van der Waals surface area (Å²) in [4.78, 5) is 49.4. The predicted molar refractivity (Wildman–Crippen MR) is 63.4 cm³/mol. The van der Waals surface area contributed by atoms with E-state index in [9.17, 15) is 19.2 Å². The molecule has 0 unspecified atom stereocenters. The van der Waals surface area contributed by atoms with Crippen LogP contribution < -0.4 is 0 Å². The van der Waals surface area contributed by atoms with Crippen molar-refractivity contribution < 1.29 is 19.2 Å². The van der Waals surface area contributed by atoms with Crippen LogP contribution in [0.1, 0.15) is 25.7 Å². The Bertz CT molecular complexity index is 367. The summed E-state index contributed by atoms with van der Waals surface area (Å²) in [7, 11) is -1.20. The van der Waals surface area contributed by atoms with Crippen LogP contribution in [0.3, 0.4) is 0 Å². The maximum atomic E-state index is 11.8. The standard InChI is InChI=1S/C11H15N2O4Si/c1-18(2)11(12-7(14)3-4-8(12)15)13-9(16)5-6-10(13)17/h11H,3-6H2,1-2H3. The Morgan fingerprint density at radius 3 is 1.28 bits per heavy atom. The lowest BCUT2D eigenvalue weighted by molar-refractivity contribution is -0.149. The highest BCUT2D eigenvalue weighted by atomic mass is 28.3. The molecule has 0 saturated carbocycles. The van der Waals surface area contributed by atoms with Crippen LogP contribution in [-0.4, -0.2) is 48.0 Å². The van der Waals surface area contributed by atoms with Crippen molar-refractivity contribution in [2.24, 2.45) is 0 Å². The van der Waals surface area contributed by atoms with Crippen molar-refractivity contribution in [3.05, 3.63) is 0 Å². The quantitative estimate of drug-likeness (QED) is 0.529. The molecule has 2 fully saturated rings. The first-order chi connectivity index (χ1) is 8.43. The van der Waals surface area contributed by atoms with Crippen LogP contribution in [0.4, 0.5) is 0 Å². The van der Waals surface area contributed by atoms with Crippen molar-refractivity contribution in [1.82, 2.24) is 9.80 Å². The minimum Gasteiger partial charge on any atom is -0.274 e. The van der Waals surface area contributed by atoms with Crippen LogP contribution in [0.2, 0.25) is 13.1 Å². The van der Waals surface area contributed by atoms with Crippen molar-refractivity contribution >= 4 is 32.4 Å². The van der Waals surface area contributed by atoms with Gasteiger partial charge in [-0.15, -0.1) is 0 Å². The predicted octanol–water partition coefficient (Wildman–Crippen LogP) is -0.0959. The summed E-state index contributed by atoms with van der Waals surface area (Å²) in [6.45, 7) is 3.79. The Labute approximate surface area is 107 Å². The maximum Gasteiger partial charge on any atom is 0.231 e. The number of likely N-dealkylation sites (tertiary alicyclic amines) is 2. The normalized spacial score (nSPS) is 21.1. The SMILES string of the molecule is C[Si](C)C(N1C(=O)CCC1=O)N1C(=O)CCC1=O. The molecule has 7 heteroatoms. The Morgan fingerprint density at radius 2 is 1.06 bits per heavy atom. The highest BCUT2D eigenvalue weighted by Crippen LogP contribution is 2.24. The highest BCUT2D eigenvalue weighted by molar-refractivity contribution is 6.58. The molecule has 18 heavy (non-hydrogen) atoms. The molecule has 0 aromatic rings. The largest absolute Gasteiger partial charge is 0.274 e. The van der Waals surface area contributed by atoms with E-state index in [1.807, 2.05) is 13.1 Å². The minimum atomic E-state index is -1.20. The number of carbonyl (C=O) groups excluding carboxylic acids is 4. The zero-order valence-corrected chi connectivity index (χ0v) is 11.4. The second-order valence-corrected chi connectivity index (χ2v) is 7.44. The monoisotopic (exact) mass is 267 g/mol. The zero-order chi connectivity index (χ0) is 13.4. The Hall–Kier alpha value is -1.50. The van der Waals surface area contributed by atoms with Gasteiger partial charge in [0.15, 0.2) is 0 Å². The van der Waals surface area contributed by atoms with Crippen LogP contribution in [0.5, 0.6) is 0 Å². The van der Waals surface area contributed by atoms with Crippen LogP contribution in [0.25, 0.3) is 0 Å². The van der Waals surface area contributed by atoms with Gasteiger partial charge in [-0.25, -0.2) is 0 Å². The van der Waals surface area contributed by atoms with E-state index in [1.165, 1.54) is 0 Å². The third kappa shape index (κ3) is 1.98. The fourth-order valence-corrected chi connectivity index (χ4v) is 3.97. The lowest BCUT2D eigenvalue weighted by atomic mass is 10.4. The summed E-state index contributed by atoms with van der Waals surface area (Å²) in [5.41, 5.74) is 0. The van der Waals surface area contributed by atoms with Gasteiger partial charge in [0.05, 0.1) is 8.80 Å². The zero-order valence-electron chi connectivity index (χ0n) is 10.4. The lowest BCUT2D eigenvalue weighted by Gasteiger charge is -2.35. The van der Waals surface area contributed by atoms with E-state index in [2.05, 4.69) is 0 Å². The molecule has 0 spiro atoms. The summed E-state index contributed by atoms with van der Waals surface area (Å²) < 4.78 is 0. The van der Waals surface area contributed by atoms with Gasteiger partial charge in [-0.2, -0.15) is 0 Å². The van der Waals surface area contributed by atoms with Gasteiger partial charge in [-0.05, 0) is 0 Å². The van der Waals surface area contributed by atoms with Crippen molar-refractivity contribution in [3.63, 3.8) is 0 Å². The molecular weight excluding hydrogens is 252 g/mol. The third-order valence-corrected chi connectivity index (χ3v) is 4.73. The number of hydrogen-bond acceptors (Lipinski definition) is 4. The molecule has 0 N–H and O–H groups in total. The first-order valence-electron chi connectivity index (χ1n) is 5.93. The number of hydrogen-bond donors (Lipinski definition) is 0. The van der Waals surface area contributed by atoms with Crippen LogP contribution in [0.15, 0.2) is 0 Å². The second kappa shape index (κ2) is 4.64. The molecule has 0 aromatic carbocycles. The summed E-state index contributed by atoms with van der Waals surface area (Å²) in [6.07, 6.45) is 0.725. The molecule has 2 rings (SSSR count). The summed E-state index contributed by atoms with van der Waals surface area (Å²) in [5.74, 6) is -1.75. The van der Waals surface area contributed by atoms with Crippen molar-refractivity contribution in [1.29, 1.82) is 0 Å². The van der Waals surface area contributed by atoms with Crippen molar-refractivity contribution in [2.75, 3.05) is 0 Å². The molecule has 2 aliphatic heterocycles. The average molecular weight is 267 g/mol. The first-order valence-corrected chi connectivity index (χ1v) is 8.51. The lowest BCUT2D eigenvalue weighted by Crippen LogP contribution is -2.58. The van der Waals surface area contributed by atoms with Crippen LogP contribution >= 0.6 is 0 Å². The second-order valence-electron chi connectivity index (χ2n) is 4.77. The molecular formula is C11H15N2O4Si. The van der Waals surface area contributed by atoms with Gasteiger partial charge < -0.3 is 0 Å². The molecule has 0 aromatic heterocycles. The van der Waals surface area contributed by atoms with Crippen LogP contribution in [-0.2, 0) is 19.2 Å². The third-order valence-electron chi connectivity index (χ3n) is 3.19. The molecule has 97 valence electrons. The molecule has 4 amide bonds. The summed E-state index contributed by atoms with van der Waals surface area (Å²) >= 11 is 0. The molecule has 0 bridgehead atoms. The molecule has 0 atom stereocenters. The van der Waals surface area contributed by atoms with Gasteiger partial charge in [0, 0.05) is 25.7 Å². The average Bonchev–Trinajstić information content (AvgIpc) is 2.78. The number of rotatable bonds is 3. The molecule has 2 saturated heterocycles. The van der Waals surface area contributed by atoms with Gasteiger partial charge >= 0.3 is 0 Å². The van der Waals surface area contributed by atoms with E-state index >= 15 is 0 Å². The fourth-order valence-electron chi connectivity index (χ4n) is 2.37. The number of carbonyl (C=O) groups is 4. The Morgan fingerprint density at radius 1 is 0.778 bits per heavy atom. The highest BCUT2D eigenvalue weighted by Gasteiger charge is 2.45. The van der Waals surface area contributed by atoms with Crippen molar-refractivity contribution in [3.8, 4) is 0 Å². The topological polar surface area (TPSA) is 74.8 Å². The molecule has 2 aliphatic rings. The maximum absolute atomic E-state index is 11.8. The van der Waals surface area contributed by atoms with Gasteiger partial charge in [-0.3, -0.25) is 29.0 Å². The molecule has 2 heterocycles. The molecule has 6 nitrogen and oxygen atoms in total.